The average Bonchev–Trinajstić information content (AvgIpc) is 2.68. The van der Waals surface area contributed by atoms with Crippen LogP contribution in [0.25, 0.3) is 11.1 Å². The third kappa shape index (κ3) is 3.50. The maximum Gasteiger partial charge on any atom is 0.245 e. The van der Waals surface area contributed by atoms with Crippen LogP contribution in [0.4, 0.5) is 5.69 Å². The fourth-order valence-corrected chi connectivity index (χ4v) is 2.19. The van der Waals surface area contributed by atoms with Crippen molar-refractivity contribution in [2.75, 3.05) is 5.32 Å². The van der Waals surface area contributed by atoms with Gasteiger partial charge in [0.25, 0.3) is 0 Å². The van der Waals surface area contributed by atoms with Crippen molar-refractivity contribution in [1.29, 1.82) is 0 Å². The van der Waals surface area contributed by atoms with Crippen LogP contribution in [0.2, 0.25) is 0 Å². The highest BCUT2D eigenvalue weighted by molar-refractivity contribution is 6.02. The van der Waals surface area contributed by atoms with E-state index in [9.17, 15) is 4.79 Å². The van der Waals surface area contributed by atoms with Gasteiger partial charge in [0.2, 0.25) is 5.91 Å². The number of amides is 1. The molecule has 1 heterocycles. The van der Waals surface area contributed by atoms with Crippen LogP contribution in [0.1, 0.15) is 39.3 Å². The summed E-state index contributed by atoms with van der Waals surface area (Å²) < 4.78 is 0. The van der Waals surface area contributed by atoms with Crippen LogP contribution in [0.15, 0.2) is 48.5 Å². The van der Waals surface area contributed by atoms with Gasteiger partial charge >= 0.3 is 0 Å². The molecule has 0 saturated heterocycles. The first kappa shape index (κ1) is 16.9. The largest absolute Gasteiger partial charge is 0.324 e. The summed E-state index contributed by atoms with van der Waals surface area (Å²) in [6.45, 7) is 8.00. The molecule has 112 valence electrons. The maximum atomic E-state index is 11.9. The highest BCUT2D eigenvalue weighted by atomic mass is 16.2. The van der Waals surface area contributed by atoms with Crippen LogP contribution in [0.3, 0.4) is 0 Å². The number of nitrogens with one attached hydrogen (secondary N) is 1. The number of carbonyl (C=O) groups is 1. The molecule has 0 spiro atoms. The Hall–Kier alpha value is -2.13. The molecular formula is C18H24N2O. The predicted octanol–water partition coefficient (Wildman–Crippen LogP) is 4.36. The topological polar surface area (TPSA) is 55.1 Å². The van der Waals surface area contributed by atoms with Crippen molar-refractivity contribution in [3.63, 3.8) is 0 Å². The molecule has 0 aromatic heterocycles. The number of rotatable bonds is 0. The van der Waals surface area contributed by atoms with Gasteiger partial charge in [-0.15, -0.1) is 0 Å². The Morgan fingerprint density at radius 3 is 2.05 bits per heavy atom. The van der Waals surface area contributed by atoms with Crippen LogP contribution in [0, 0.1) is 0 Å². The van der Waals surface area contributed by atoms with E-state index in [2.05, 4.69) is 5.32 Å². The second kappa shape index (κ2) is 8.22. The Morgan fingerprint density at radius 1 is 0.857 bits per heavy atom. The molecule has 2 aromatic rings. The first-order valence-electron chi connectivity index (χ1n) is 7.52. The first-order valence-corrected chi connectivity index (χ1v) is 7.52. The van der Waals surface area contributed by atoms with Gasteiger partial charge in [-0.2, -0.15) is 0 Å². The van der Waals surface area contributed by atoms with Gasteiger partial charge in [-0.3, -0.25) is 4.79 Å². The average molecular weight is 284 g/mol. The van der Waals surface area contributed by atoms with Crippen molar-refractivity contribution >= 4 is 11.6 Å². The molecule has 0 radical (unpaired) electrons. The van der Waals surface area contributed by atoms with E-state index in [-0.39, 0.29) is 5.91 Å². The zero-order valence-corrected chi connectivity index (χ0v) is 13.2. The number of nitrogens with two attached hydrogens (primary N) is 1. The molecule has 0 fully saturated rings. The van der Waals surface area contributed by atoms with Crippen molar-refractivity contribution < 1.29 is 4.79 Å². The summed E-state index contributed by atoms with van der Waals surface area (Å²) in [5.74, 6) is -0.164. The Balaban J connectivity index is 0.000000510. The van der Waals surface area contributed by atoms with Crippen molar-refractivity contribution in [3.8, 4) is 11.1 Å². The molecule has 1 aliphatic heterocycles. The summed E-state index contributed by atoms with van der Waals surface area (Å²) in [4.78, 5) is 11.9. The molecule has 2 aromatic carbocycles. The zero-order valence-electron chi connectivity index (χ0n) is 13.2. The van der Waals surface area contributed by atoms with Crippen LogP contribution >= 0.6 is 0 Å². The van der Waals surface area contributed by atoms with Crippen LogP contribution in [0.5, 0.6) is 0 Å². The van der Waals surface area contributed by atoms with Crippen molar-refractivity contribution in [1.82, 2.24) is 0 Å². The summed E-state index contributed by atoms with van der Waals surface area (Å²) >= 11 is 0. The van der Waals surface area contributed by atoms with E-state index in [1.165, 1.54) is 0 Å². The molecule has 1 aliphatic rings. The van der Waals surface area contributed by atoms with Crippen molar-refractivity contribution in [2.24, 2.45) is 5.73 Å². The highest BCUT2D eigenvalue weighted by Gasteiger charge is 2.24. The van der Waals surface area contributed by atoms with Crippen LogP contribution in [-0.2, 0) is 4.79 Å². The third-order valence-corrected chi connectivity index (χ3v) is 3.05. The van der Waals surface area contributed by atoms with Crippen molar-refractivity contribution in [2.45, 2.75) is 33.7 Å². The molecule has 0 aliphatic carbocycles. The van der Waals surface area contributed by atoms with E-state index in [1.807, 2.05) is 76.2 Å². The summed E-state index contributed by atoms with van der Waals surface area (Å²) in [5, 5.41) is 2.86. The molecule has 0 saturated carbocycles. The van der Waals surface area contributed by atoms with E-state index >= 15 is 0 Å². The van der Waals surface area contributed by atoms with E-state index in [4.69, 9.17) is 5.73 Å². The lowest BCUT2D eigenvalue weighted by Gasteiger charge is -2.10. The Kier molecular flexibility index (Phi) is 6.63. The Morgan fingerprint density at radius 2 is 1.38 bits per heavy atom. The summed E-state index contributed by atoms with van der Waals surface area (Å²) in [7, 11) is 0. The molecule has 3 N–H and O–H groups in total. The molecular weight excluding hydrogens is 260 g/mol. The zero-order chi connectivity index (χ0) is 15.8. The quantitative estimate of drug-likeness (QED) is 0.755. The van der Waals surface area contributed by atoms with E-state index in [1.54, 1.807) is 0 Å². The molecule has 21 heavy (non-hydrogen) atoms. The van der Waals surface area contributed by atoms with E-state index in [0.29, 0.717) is 0 Å². The normalized spacial score (nSPS) is 14.9. The monoisotopic (exact) mass is 284 g/mol. The fraction of sp³-hybridized carbons (Fsp3) is 0.278. The number of hydrogen-bond acceptors (Lipinski definition) is 2. The minimum atomic E-state index is -0.612. The summed E-state index contributed by atoms with van der Waals surface area (Å²) in [6, 6.07) is 14.9. The Bertz CT molecular complexity index is 593. The SMILES string of the molecule is CC.CC.NC1C(=O)Nc2ccccc2-c2ccccc21. The number of fused-ring (bicyclic) bond motifs is 3. The minimum absolute atomic E-state index is 0.164. The standard InChI is InChI=1S/C14H12N2O.2C2H6/c15-13-11-7-2-1-5-9(11)10-6-3-4-8-12(10)16-14(13)17;2*1-2/h1-8,13H,15H2,(H,16,17);2*1-2H3. The lowest BCUT2D eigenvalue weighted by molar-refractivity contribution is -0.117. The van der Waals surface area contributed by atoms with Crippen LogP contribution in [-0.4, -0.2) is 5.91 Å². The molecule has 3 rings (SSSR count). The third-order valence-electron chi connectivity index (χ3n) is 3.05. The fourth-order valence-electron chi connectivity index (χ4n) is 2.19. The van der Waals surface area contributed by atoms with Gasteiger partial charge in [0.05, 0.1) is 0 Å². The molecule has 3 heteroatoms. The maximum absolute atomic E-state index is 11.9. The molecule has 1 unspecified atom stereocenters. The van der Waals surface area contributed by atoms with Crippen molar-refractivity contribution in [3.05, 3.63) is 54.1 Å². The smallest absolute Gasteiger partial charge is 0.245 e. The number of para-hydroxylation sites is 1. The number of anilines is 1. The summed E-state index contributed by atoms with van der Waals surface area (Å²) in [6.07, 6.45) is 0. The van der Waals surface area contributed by atoms with Gasteiger partial charge in [0.1, 0.15) is 6.04 Å². The predicted molar refractivity (Wildman–Crippen MR) is 90.1 cm³/mol. The molecule has 1 atom stereocenters. The second-order valence-corrected chi connectivity index (χ2v) is 4.10. The number of hydrogen-bond donors (Lipinski definition) is 2. The summed E-state index contributed by atoms with van der Waals surface area (Å²) in [5.41, 5.74) is 9.69. The van der Waals surface area contributed by atoms with Crippen LogP contribution < -0.4 is 11.1 Å². The molecule has 0 bridgehead atoms. The Labute approximate surface area is 127 Å². The van der Waals surface area contributed by atoms with Gasteiger partial charge < -0.3 is 11.1 Å². The number of benzene rings is 2. The van der Waals surface area contributed by atoms with Gasteiger partial charge in [-0.1, -0.05) is 70.2 Å². The van der Waals surface area contributed by atoms with Gasteiger partial charge in [0.15, 0.2) is 0 Å². The second-order valence-electron chi connectivity index (χ2n) is 4.10. The minimum Gasteiger partial charge on any atom is -0.324 e. The molecule has 3 nitrogen and oxygen atoms in total. The highest BCUT2D eigenvalue weighted by Crippen LogP contribution is 2.35. The lowest BCUT2D eigenvalue weighted by Crippen LogP contribution is -2.26. The molecule has 1 amide bonds. The van der Waals surface area contributed by atoms with E-state index < -0.39 is 6.04 Å². The van der Waals surface area contributed by atoms with Gasteiger partial charge in [-0.25, -0.2) is 0 Å². The van der Waals surface area contributed by atoms with Gasteiger partial charge in [0, 0.05) is 11.3 Å². The van der Waals surface area contributed by atoms with E-state index in [0.717, 1.165) is 22.4 Å². The van der Waals surface area contributed by atoms with Gasteiger partial charge in [-0.05, 0) is 17.2 Å². The number of carbonyl (C=O) groups excluding carboxylic acids is 1. The lowest BCUT2D eigenvalue weighted by atomic mass is 9.96. The first-order chi connectivity index (χ1) is 10.3.